The molecule has 0 rings (SSSR count). The molecular weight excluding hydrogens is 86.0 g/mol. The maximum Gasteiger partial charge on any atom is 0.507 e. The highest BCUT2D eigenvalue weighted by Crippen LogP contribution is 1.72. The number of hydrogen-bond acceptors (Lipinski definition) is 3. The SMILES string of the molecule is [13CH3]OC(=O)O[13CH3]. The van der Waals surface area contributed by atoms with E-state index in [0.717, 1.165) is 0 Å². The quantitative estimate of drug-likeness (QED) is 0.320. The van der Waals surface area contributed by atoms with E-state index in [9.17, 15) is 4.79 Å². The first-order valence-electron chi connectivity index (χ1n) is 1.43. The Bertz CT molecular complexity index is 44.0. The summed E-state index contributed by atoms with van der Waals surface area (Å²) in [5.41, 5.74) is 0. The summed E-state index contributed by atoms with van der Waals surface area (Å²) in [6.45, 7) is 0. The van der Waals surface area contributed by atoms with Crippen molar-refractivity contribution in [2.75, 3.05) is 14.2 Å². The first-order valence-corrected chi connectivity index (χ1v) is 1.43. The van der Waals surface area contributed by atoms with Gasteiger partial charge in [-0.15, -0.1) is 0 Å². The minimum absolute atomic E-state index is 0.657. The molecule has 0 aliphatic rings. The Labute approximate surface area is 35.9 Å². The van der Waals surface area contributed by atoms with Gasteiger partial charge in [0.05, 0.1) is 14.2 Å². The van der Waals surface area contributed by atoms with Crippen LogP contribution in [0, 0.1) is 0 Å². The minimum Gasteiger partial charge on any atom is -0.438 e. The van der Waals surface area contributed by atoms with Gasteiger partial charge in [0.15, 0.2) is 0 Å². The minimum atomic E-state index is -0.657. The summed E-state index contributed by atoms with van der Waals surface area (Å²) in [6.07, 6.45) is -0.657. The van der Waals surface area contributed by atoms with E-state index in [1.165, 1.54) is 14.2 Å². The molecule has 0 N–H and O–H groups in total. The smallest absolute Gasteiger partial charge is 0.438 e. The molecule has 0 saturated heterocycles. The normalized spacial score (nSPS) is 7.00. The molecule has 0 unspecified atom stereocenters. The van der Waals surface area contributed by atoms with E-state index in [1.807, 2.05) is 0 Å². The highest BCUT2D eigenvalue weighted by molar-refractivity contribution is 5.59. The molecule has 0 aliphatic heterocycles. The van der Waals surface area contributed by atoms with E-state index >= 15 is 0 Å². The van der Waals surface area contributed by atoms with Gasteiger partial charge in [-0.05, 0) is 0 Å². The summed E-state index contributed by atoms with van der Waals surface area (Å²) < 4.78 is 8.08. The van der Waals surface area contributed by atoms with Crippen LogP contribution in [0.25, 0.3) is 0 Å². The molecule has 0 fully saturated rings. The van der Waals surface area contributed by atoms with Crippen molar-refractivity contribution < 1.29 is 14.3 Å². The lowest BCUT2D eigenvalue weighted by atomic mass is 11.4. The van der Waals surface area contributed by atoms with Gasteiger partial charge in [0.1, 0.15) is 0 Å². The average Bonchev–Trinajstić information content (AvgIpc) is 1.65. The van der Waals surface area contributed by atoms with E-state index in [-0.39, 0.29) is 0 Å². The van der Waals surface area contributed by atoms with Crippen molar-refractivity contribution >= 4 is 6.16 Å². The van der Waals surface area contributed by atoms with Crippen molar-refractivity contribution in [3.05, 3.63) is 0 Å². The van der Waals surface area contributed by atoms with Crippen molar-refractivity contribution in [1.29, 1.82) is 0 Å². The molecule has 3 heteroatoms. The van der Waals surface area contributed by atoms with Crippen LogP contribution in [0.4, 0.5) is 4.79 Å². The third kappa shape index (κ3) is 1.58. The van der Waals surface area contributed by atoms with Crippen molar-refractivity contribution in [1.82, 2.24) is 0 Å². The van der Waals surface area contributed by atoms with Crippen LogP contribution in [0.5, 0.6) is 0 Å². The summed E-state index contributed by atoms with van der Waals surface area (Å²) in [7, 11) is 2.51. The summed E-state index contributed by atoms with van der Waals surface area (Å²) in [5, 5.41) is 0. The first-order chi connectivity index (χ1) is 2.81. The standard InChI is InChI=1S/C3H6O3/c1-5-3(4)6-2/h1-2H3/i1+1,2+1. The van der Waals surface area contributed by atoms with Crippen molar-refractivity contribution in [3.8, 4) is 0 Å². The highest BCUT2D eigenvalue weighted by Gasteiger charge is 1.88. The molecule has 0 atom stereocenters. The maximum atomic E-state index is 9.74. The van der Waals surface area contributed by atoms with Crippen LogP contribution in [0.3, 0.4) is 0 Å². The molecule has 6 heavy (non-hydrogen) atoms. The first kappa shape index (κ1) is 5.27. The van der Waals surface area contributed by atoms with Crippen LogP contribution in [0.15, 0.2) is 0 Å². The maximum absolute atomic E-state index is 9.74. The summed E-state index contributed by atoms with van der Waals surface area (Å²) in [4.78, 5) is 9.74. The molecule has 0 spiro atoms. The van der Waals surface area contributed by atoms with Crippen LogP contribution < -0.4 is 0 Å². The molecular formula is C3H6O3. The lowest BCUT2D eigenvalue weighted by molar-refractivity contribution is 0.0924. The summed E-state index contributed by atoms with van der Waals surface area (Å²) in [5.74, 6) is 0. The summed E-state index contributed by atoms with van der Waals surface area (Å²) in [6, 6.07) is 0. The van der Waals surface area contributed by atoms with Gasteiger partial charge in [0.25, 0.3) is 0 Å². The molecule has 3 nitrogen and oxygen atoms in total. The molecule has 0 amide bonds. The van der Waals surface area contributed by atoms with Gasteiger partial charge in [0, 0.05) is 0 Å². The average molecular weight is 92.1 g/mol. The molecule has 0 radical (unpaired) electrons. The van der Waals surface area contributed by atoms with E-state index in [1.54, 1.807) is 0 Å². The third-order valence-electron chi connectivity index (χ3n) is 0.333. The van der Waals surface area contributed by atoms with E-state index in [0.29, 0.717) is 0 Å². The van der Waals surface area contributed by atoms with Crippen molar-refractivity contribution in [2.45, 2.75) is 0 Å². The fourth-order valence-corrected chi connectivity index (χ4v) is 0.0833. The lowest BCUT2D eigenvalue weighted by Gasteiger charge is -1.89. The van der Waals surface area contributed by atoms with Gasteiger partial charge >= 0.3 is 6.16 Å². The zero-order valence-electron chi connectivity index (χ0n) is 3.72. The molecule has 0 saturated carbocycles. The van der Waals surface area contributed by atoms with Gasteiger partial charge in [-0.1, -0.05) is 0 Å². The van der Waals surface area contributed by atoms with Crippen LogP contribution >= 0.6 is 0 Å². The Balaban J connectivity index is 2.99. The van der Waals surface area contributed by atoms with E-state index < -0.39 is 6.16 Å². The molecule has 0 bridgehead atoms. The molecule has 0 aromatic heterocycles. The zero-order chi connectivity index (χ0) is 4.99. The van der Waals surface area contributed by atoms with Gasteiger partial charge in [0.2, 0.25) is 0 Å². The Morgan fingerprint density at radius 3 is 1.67 bits per heavy atom. The Morgan fingerprint density at radius 2 is 1.67 bits per heavy atom. The summed E-state index contributed by atoms with van der Waals surface area (Å²) >= 11 is 0. The number of carbonyl (C=O) groups excluding carboxylic acids is 1. The third-order valence-corrected chi connectivity index (χ3v) is 0.333. The fraction of sp³-hybridized carbons (Fsp3) is 0.667. The second kappa shape index (κ2) is 2.50. The van der Waals surface area contributed by atoms with E-state index in [4.69, 9.17) is 0 Å². The molecule has 0 heterocycles. The molecule has 36 valence electrons. The van der Waals surface area contributed by atoms with E-state index in [2.05, 4.69) is 9.47 Å². The predicted molar refractivity (Wildman–Crippen MR) is 19.4 cm³/mol. The number of hydrogen-bond donors (Lipinski definition) is 0. The monoisotopic (exact) mass is 92.0 g/mol. The Hall–Kier alpha value is -0.730. The van der Waals surface area contributed by atoms with Gasteiger partial charge in [-0.25, -0.2) is 4.79 Å². The fourth-order valence-electron chi connectivity index (χ4n) is 0.0833. The molecule has 0 aromatic carbocycles. The number of methoxy groups -OCH3 is 2. The molecule has 0 aromatic rings. The van der Waals surface area contributed by atoms with Crippen LogP contribution in [-0.4, -0.2) is 20.4 Å². The predicted octanol–water partition coefficient (Wildman–Crippen LogP) is 0.399. The van der Waals surface area contributed by atoms with Gasteiger partial charge < -0.3 is 9.47 Å². The number of rotatable bonds is 0. The number of ether oxygens (including phenoxy) is 2. The van der Waals surface area contributed by atoms with Crippen LogP contribution in [0.2, 0.25) is 0 Å². The topological polar surface area (TPSA) is 35.5 Å². The Morgan fingerprint density at radius 1 is 1.33 bits per heavy atom. The van der Waals surface area contributed by atoms with Gasteiger partial charge in [-0.2, -0.15) is 0 Å². The Kier molecular flexibility index (Phi) is 2.20. The lowest BCUT2D eigenvalue weighted by Crippen LogP contribution is -1.97. The van der Waals surface area contributed by atoms with Crippen LogP contribution in [0.1, 0.15) is 0 Å². The second-order valence-electron chi connectivity index (χ2n) is 0.658. The van der Waals surface area contributed by atoms with Crippen LogP contribution in [-0.2, 0) is 9.47 Å². The van der Waals surface area contributed by atoms with Crippen molar-refractivity contribution in [3.63, 3.8) is 0 Å². The zero-order valence-corrected chi connectivity index (χ0v) is 3.72. The van der Waals surface area contributed by atoms with Crippen molar-refractivity contribution in [2.24, 2.45) is 0 Å². The van der Waals surface area contributed by atoms with Gasteiger partial charge in [-0.3, -0.25) is 0 Å². The number of carbonyl (C=O) groups is 1. The highest BCUT2D eigenvalue weighted by atomic mass is 16.8. The molecule has 0 aliphatic carbocycles. The largest absolute Gasteiger partial charge is 0.507 e. The second-order valence-corrected chi connectivity index (χ2v) is 0.658.